The highest BCUT2D eigenvalue weighted by molar-refractivity contribution is 5.55. The maximum absolute atomic E-state index is 3.36. The molecule has 114 valence electrons. The minimum atomic E-state index is 0.375. The molecule has 1 atom stereocenters. The molecule has 0 aliphatic heterocycles. The Hall–Kier alpha value is -1.06. The summed E-state index contributed by atoms with van der Waals surface area (Å²) >= 11 is 0. The Morgan fingerprint density at radius 3 is 2.25 bits per heavy atom. The molecule has 1 aromatic carbocycles. The summed E-state index contributed by atoms with van der Waals surface area (Å²) in [4.78, 5) is 4.77. The average Bonchev–Trinajstić information content (AvgIpc) is 2.42. The Balaban J connectivity index is 2.99. The van der Waals surface area contributed by atoms with Gasteiger partial charge in [-0.05, 0) is 45.6 Å². The lowest BCUT2D eigenvalue weighted by atomic mass is 10.0. The maximum Gasteiger partial charge on any atom is 0.0415 e. The zero-order chi connectivity index (χ0) is 15.1. The first-order valence-electron chi connectivity index (χ1n) is 7.61. The summed E-state index contributed by atoms with van der Waals surface area (Å²) in [5.41, 5.74) is 2.75. The van der Waals surface area contributed by atoms with Gasteiger partial charge in [-0.1, -0.05) is 32.0 Å². The molecule has 0 radical (unpaired) electrons. The van der Waals surface area contributed by atoms with Crippen LogP contribution in [-0.4, -0.2) is 45.7 Å². The van der Waals surface area contributed by atoms with Crippen LogP contribution in [0.1, 0.15) is 32.4 Å². The van der Waals surface area contributed by atoms with Gasteiger partial charge in [-0.3, -0.25) is 0 Å². The molecule has 0 saturated heterocycles. The Morgan fingerprint density at radius 2 is 1.70 bits per heavy atom. The van der Waals surface area contributed by atoms with E-state index in [4.69, 9.17) is 0 Å². The second-order valence-electron chi connectivity index (χ2n) is 6.21. The zero-order valence-electron chi connectivity index (χ0n) is 14.0. The standard InChI is InChI=1S/C17H31N3/c1-14(2)13-20(12-11-19(5)6)17-10-8-7-9-16(17)15(3)18-4/h7-10,14-15,18H,11-13H2,1-6H3. The van der Waals surface area contributed by atoms with Crippen molar-refractivity contribution in [3.63, 3.8) is 0 Å². The van der Waals surface area contributed by atoms with Gasteiger partial charge >= 0.3 is 0 Å². The molecule has 0 aliphatic carbocycles. The average molecular weight is 277 g/mol. The summed E-state index contributed by atoms with van der Waals surface area (Å²) in [6.07, 6.45) is 0. The van der Waals surface area contributed by atoms with E-state index in [9.17, 15) is 0 Å². The summed E-state index contributed by atoms with van der Waals surface area (Å²) in [5, 5.41) is 3.36. The van der Waals surface area contributed by atoms with E-state index in [2.05, 4.69) is 74.2 Å². The van der Waals surface area contributed by atoms with Gasteiger partial charge in [-0.2, -0.15) is 0 Å². The van der Waals surface area contributed by atoms with Crippen molar-refractivity contribution >= 4 is 5.69 Å². The highest BCUT2D eigenvalue weighted by Gasteiger charge is 2.15. The van der Waals surface area contributed by atoms with Crippen LogP contribution < -0.4 is 10.2 Å². The Morgan fingerprint density at radius 1 is 1.05 bits per heavy atom. The van der Waals surface area contributed by atoms with E-state index in [1.54, 1.807) is 0 Å². The third-order valence-electron chi connectivity index (χ3n) is 3.58. The van der Waals surface area contributed by atoms with Crippen LogP contribution in [0.2, 0.25) is 0 Å². The second kappa shape index (κ2) is 8.28. The van der Waals surface area contributed by atoms with E-state index in [1.807, 2.05) is 7.05 Å². The number of rotatable bonds is 8. The van der Waals surface area contributed by atoms with Crippen LogP contribution in [0.3, 0.4) is 0 Å². The fourth-order valence-corrected chi connectivity index (χ4v) is 2.37. The maximum atomic E-state index is 3.36. The molecule has 0 aliphatic rings. The molecule has 1 aromatic rings. The SMILES string of the molecule is CNC(C)c1ccccc1N(CCN(C)C)CC(C)C. The number of nitrogens with one attached hydrogen (secondary N) is 1. The zero-order valence-corrected chi connectivity index (χ0v) is 14.0. The number of hydrogen-bond donors (Lipinski definition) is 1. The lowest BCUT2D eigenvalue weighted by Crippen LogP contribution is -2.35. The predicted octanol–water partition coefficient (Wildman–Crippen LogP) is 2.99. The first-order chi connectivity index (χ1) is 9.45. The molecule has 3 heteroatoms. The summed E-state index contributed by atoms with van der Waals surface area (Å²) in [7, 11) is 6.29. The molecule has 0 amide bonds. The van der Waals surface area contributed by atoms with Crippen molar-refractivity contribution < 1.29 is 0 Å². The van der Waals surface area contributed by atoms with E-state index in [-0.39, 0.29) is 0 Å². The van der Waals surface area contributed by atoms with Crippen molar-refractivity contribution in [2.24, 2.45) is 5.92 Å². The van der Waals surface area contributed by atoms with Crippen molar-refractivity contribution in [1.29, 1.82) is 0 Å². The summed E-state index contributed by atoms with van der Waals surface area (Å²) in [6, 6.07) is 9.14. The molecule has 0 aromatic heterocycles. The van der Waals surface area contributed by atoms with Gasteiger partial charge in [0.05, 0.1) is 0 Å². The predicted molar refractivity (Wildman–Crippen MR) is 89.5 cm³/mol. The number of para-hydroxylation sites is 1. The van der Waals surface area contributed by atoms with Gasteiger partial charge in [0, 0.05) is 31.4 Å². The molecule has 0 bridgehead atoms. The monoisotopic (exact) mass is 277 g/mol. The molecule has 3 nitrogen and oxygen atoms in total. The highest BCUT2D eigenvalue weighted by Crippen LogP contribution is 2.26. The second-order valence-corrected chi connectivity index (χ2v) is 6.21. The quantitative estimate of drug-likeness (QED) is 0.788. The smallest absolute Gasteiger partial charge is 0.0415 e. The van der Waals surface area contributed by atoms with Crippen LogP contribution in [0, 0.1) is 5.92 Å². The molecule has 0 fully saturated rings. The molecule has 0 saturated carbocycles. The van der Waals surface area contributed by atoms with E-state index in [1.165, 1.54) is 11.3 Å². The summed E-state index contributed by atoms with van der Waals surface area (Å²) in [6.45, 7) is 10.0. The largest absolute Gasteiger partial charge is 0.370 e. The molecule has 1 unspecified atom stereocenters. The van der Waals surface area contributed by atoms with Crippen LogP contribution >= 0.6 is 0 Å². The number of anilines is 1. The Kier molecular flexibility index (Phi) is 7.03. The van der Waals surface area contributed by atoms with Gasteiger partial charge in [-0.25, -0.2) is 0 Å². The summed E-state index contributed by atoms with van der Waals surface area (Å²) in [5.74, 6) is 0.662. The van der Waals surface area contributed by atoms with Crippen molar-refractivity contribution in [2.45, 2.75) is 26.8 Å². The van der Waals surface area contributed by atoms with Gasteiger partial charge < -0.3 is 15.1 Å². The number of likely N-dealkylation sites (N-methyl/N-ethyl adjacent to an activating group) is 1. The van der Waals surface area contributed by atoms with Crippen LogP contribution in [0.25, 0.3) is 0 Å². The van der Waals surface area contributed by atoms with Gasteiger partial charge in [0.2, 0.25) is 0 Å². The molecular weight excluding hydrogens is 246 g/mol. The fourth-order valence-electron chi connectivity index (χ4n) is 2.37. The van der Waals surface area contributed by atoms with E-state index < -0.39 is 0 Å². The third kappa shape index (κ3) is 5.14. The highest BCUT2D eigenvalue weighted by atomic mass is 15.2. The molecular formula is C17H31N3. The van der Waals surface area contributed by atoms with E-state index >= 15 is 0 Å². The first kappa shape index (κ1) is 17.0. The summed E-state index contributed by atoms with van der Waals surface area (Å²) < 4.78 is 0. The van der Waals surface area contributed by atoms with Crippen molar-refractivity contribution in [3.8, 4) is 0 Å². The van der Waals surface area contributed by atoms with E-state index in [0.29, 0.717) is 12.0 Å². The normalized spacial score (nSPS) is 13.0. The topological polar surface area (TPSA) is 18.5 Å². The van der Waals surface area contributed by atoms with Crippen LogP contribution in [0.15, 0.2) is 24.3 Å². The van der Waals surface area contributed by atoms with Crippen molar-refractivity contribution in [2.75, 3.05) is 45.7 Å². The lowest BCUT2D eigenvalue weighted by Gasteiger charge is -2.31. The van der Waals surface area contributed by atoms with Crippen molar-refractivity contribution in [1.82, 2.24) is 10.2 Å². The Bertz CT molecular complexity index is 388. The minimum absolute atomic E-state index is 0.375. The molecule has 0 heterocycles. The number of nitrogens with zero attached hydrogens (tertiary/aromatic N) is 2. The van der Waals surface area contributed by atoms with Crippen LogP contribution in [0.5, 0.6) is 0 Å². The van der Waals surface area contributed by atoms with Gasteiger partial charge in [0.15, 0.2) is 0 Å². The first-order valence-corrected chi connectivity index (χ1v) is 7.61. The lowest BCUT2D eigenvalue weighted by molar-refractivity contribution is 0.408. The van der Waals surface area contributed by atoms with E-state index in [0.717, 1.165) is 19.6 Å². The number of benzene rings is 1. The van der Waals surface area contributed by atoms with Crippen LogP contribution in [0.4, 0.5) is 5.69 Å². The fraction of sp³-hybridized carbons (Fsp3) is 0.647. The third-order valence-corrected chi connectivity index (χ3v) is 3.58. The van der Waals surface area contributed by atoms with Gasteiger partial charge in [0.25, 0.3) is 0 Å². The van der Waals surface area contributed by atoms with Crippen molar-refractivity contribution in [3.05, 3.63) is 29.8 Å². The van der Waals surface area contributed by atoms with Crippen LogP contribution in [-0.2, 0) is 0 Å². The molecule has 1 rings (SSSR count). The van der Waals surface area contributed by atoms with Gasteiger partial charge in [0.1, 0.15) is 0 Å². The molecule has 1 N–H and O–H groups in total. The Labute approximate surface area is 125 Å². The molecule has 0 spiro atoms. The number of hydrogen-bond acceptors (Lipinski definition) is 3. The molecule has 20 heavy (non-hydrogen) atoms. The van der Waals surface area contributed by atoms with Gasteiger partial charge in [-0.15, -0.1) is 0 Å². The minimum Gasteiger partial charge on any atom is -0.370 e.